The first-order valence-corrected chi connectivity index (χ1v) is 8.89. The number of anilines is 1. The second-order valence-corrected chi connectivity index (χ2v) is 6.51. The average molecular weight is 369 g/mol. The molecule has 0 aromatic heterocycles. The number of hydrogen-bond acceptors (Lipinski definition) is 5. The molecule has 138 valence electrons. The van der Waals surface area contributed by atoms with Crippen molar-refractivity contribution in [1.29, 1.82) is 0 Å². The Morgan fingerprint density at radius 1 is 1.36 bits per heavy atom. The van der Waals surface area contributed by atoms with E-state index in [1.54, 1.807) is 25.3 Å². The van der Waals surface area contributed by atoms with Crippen LogP contribution in [0.3, 0.4) is 0 Å². The number of nitrogens with one attached hydrogen (secondary N) is 1. The minimum atomic E-state index is -0.313. The molecular weight excluding hydrogens is 344 g/mol. The molecule has 0 saturated carbocycles. The molecule has 0 bridgehead atoms. The maximum atomic E-state index is 12.6. The highest BCUT2D eigenvalue weighted by atomic mass is 35.5. The summed E-state index contributed by atoms with van der Waals surface area (Å²) in [4.78, 5) is 26.4. The number of rotatable bonds is 6. The van der Waals surface area contributed by atoms with Gasteiger partial charge in [0, 0.05) is 5.02 Å². The summed E-state index contributed by atoms with van der Waals surface area (Å²) in [5, 5.41) is 3.40. The van der Waals surface area contributed by atoms with Gasteiger partial charge in [-0.3, -0.25) is 14.5 Å². The van der Waals surface area contributed by atoms with Crippen LogP contribution in [0.5, 0.6) is 5.75 Å². The van der Waals surface area contributed by atoms with Gasteiger partial charge in [-0.2, -0.15) is 0 Å². The molecule has 0 unspecified atom stereocenters. The molecular formula is C18H25ClN2O4. The molecule has 1 atom stereocenters. The van der Waals surface area contributed by atoms with Crippen LogP contribution in [0.1, 0.15) is 26.7 Å². The molecule has 0 aliphatic carbocycles. The van der Waals surface area contributed by atoms with Crippen molar-refractivity contribution in [2.45, 2.75) is 32.7 Å². The average Bonchev–Trinajstić information content (AvgIpc) is 2.61. The lowest BCUT2D eigenvalue weighted by atomic mass is 9.96. The van der Waals surface area contributed by atoms with Gasteiger partial charge in [-0.25, -0.2) is 0 Å². The van der Waals surface area contributed by atoms with Crippen molar-refractivity contribution in [2.75, 3.05) is 32.1 Å². The first-order valence-electron chi connectivity index (χ1n) is 8.51. The molecule has 1 amide bonds. The SMILES string of the molecule is CCOC(=O)C1CCN([C@H](C)C(=O)Nc2cc(Cl)ccc2OC)CC1. The quantitative estimate of drug-likeness (QED) is 0.782. The number of piperidine rings is 1. The zero-order valence-electron chi connectivity index (χ0n) is 14.9. The maximum absolute atomic E-state index is 12.6. The summed E-state index contributed by atoms with van der Waals surface area (Å²) in [6.07, 6.45) is 1.41. The Bertz CT molecular complexity index is 615. The summed E-state index contributed by atoms with van der Waals surface area (Å²) in [5.74, 6) is 0.225. The highest BCUT2D eigenvalue weighted by Crippen LogP contribution is 2.28. The van der Waals surface area contributed by atoms with E-state index in [4.69, 9.17) is 21.1 Å². The summed E-state index contributed by atoms with van der Waals surface area (Å²) >= 11 is 6.00. The molecule has 1 saturated heterocycles. The Hall–Kier alpha value is -1.79. The first-order chi connectivity index (χ1) is 12.0. The van der Waals surface area contributed by atoms with E-state index in [1.807, 2.05) is 13.8 Å². The topological polar surface area (TPSA) is 67.9 Å². The highest BCUT2D eigenvalue weighted by molar-refractivity contribution is 6.31. The van der Waals surface area contributed by atoms with Gasteiger partial charge in [0.05, 0.1) is 31.4 Å². The third-order valence-electron chi connectivity index (χ3n) is 4.50. The van der Waals surface area contributed by atoms with Crippen molar-refractivity contribution in [1.82, 2.24) is 4.90 Å². The van der Waals surface area contributed by atoms with E-state index in [0.29, 0.717) is 49.0 Å². The normalized spacial score (nSPS) is 17.0. The van der Waals surface area contributed by atoms with Crippen LogP contribution in [-0.4, -0.2) is 49.6 Å². The van der Waals surface area contributed by atoms with Crippen LogP contribution in [0.25, 0.3) is 0 Å². The van der Waals surface area contributed by atoms with Crippen LogP contribution >= 0.6 is 11.6 Å². The summed E-state index contributed by atoms with van der Waals surface area (Å²) in [7, 11) is 1.54. The van der Waals surface area contributed by atoms with E-state index in [1.165, 1.54) is 0 Å². The van der Waals surface area contributed by atoms with Crippen molar-refractivity contribution in [3.63, 3.8) is 0 Å². The van der Waals surface area contributed by atoms with E-state index in [0.717, 1.165) is 0 Å². The molecule has 2 rings (SSSR count). The number of halogens is 1. The molecule has 1 heterocycles. The van der Waals surface area contributed by atoms with E-state index >= 15 is 0 Å². The number of hydrogen-bond donors (Lipinski definition) is 1. The van der Waals surface area contributed by atoms with Gasteiger partial charge in [-0.1, -0.05) is 11.6 Å². The van der Waals surface area contributed by atoms with Gasteiger partial charge in [-0.05, 0) is 58.0 Å². The highest BCUT2D eigenvalue weighted by Gasteiger charge is 2.30. The molecule has 1 aromatic carbocycles. The Labute approximate surface area is 153 Å². The standard InChI is InChI=1S/C18H25ClN2O4/c1-4-25-18(23)13-7-9-21(10-8-13)12(2)17(22)20-15-11-14(19)5-6-16(15)24-3/h5-6,11-13H,4,7-10H2,1-3H3,(H,20,22)/t12-/m1/s1. The minimum Gasteiger partial charge on any atom is -0.495 e. The Kier molecular flexibility index (Phi) is 7.08. The molecule has 1 N–H and O–H groups in total. The Balaban J connectivity index is 1.93. The molecule has 1 fully saturated rings. The predicted octanol–water partition coefficient (Wildman–Crippen LogP) is 2.95. The third-order valence-corrected chi connectivity index (χ3v) is 4.73. The molecule has 1 aliphatic rings. The zero-order valence-corrected chi connectivity index (χ0v) is 15.6. The largest absolute Gasteiger partial charge is 0.495 e. The van der Waals surface area contributed by atoms with Gasteiger partial charge in [-0.15, -0.1) is 0 Å². The zero-order chi connectivity index (χ0) is 18.4. The molecule has 6 nitrogen and oxygen atoms in total. The fraction of sp³-hybridized carbons (Fsp3) is 0.556. The van der Waals surface area contributed by atoms with Crippen LogP contribution in [0.2, 0.25) is 5.02 Å². The van der Waals surface area contributed by atoms with Crippen LogP contribution in [-0.2, 0) is 14.3 Å². The lowest BCUT2D eigenvalue weighted by Crippen LogP contribution is -2.47. The lowest BCUT2D eigenvalue weighted by molar-refractivity contribution is -0.149. The fourth-order valence-electron chi connectivity index (χ4n) is 2.96. The Morgan fingerprint density at radius 3 is 2.64 bits per heavy atom. The van der Waals surface area contributed by atoms with Gasteiger partial charge in [0.15, 0.2) is 0 Å². The molecule has 1 aromatic rings. The van der Waals surface area contributed by atoms with Crippen molar-refractivity contribution in [3.8, 4) is 5.75 Å². The number of esters is 1. The third kappa shape index (κ3) is 5.09. The van der Waals surface area contributed by atoms with E-state index in [2.05, 4.69) is 10.2 Å². The first kappa shape index (κ1) is 19.5. The van der Waals surface area contributed by atoms with E-state index < -0.39 is 0 Å². The number of benzene rings is 1. The number of carbonyl (C=O) groups is 2. The molecule has 0 radical (unpaired) electrons. The number of amides is 1. The van der Waals surface area contributed by atoms with Crippen LogP contribution in [0, 0.1) is 5.92 Å². The number of likely N-dealkylation sites (tertiary alicyclic amines) is 1. The van der Waals surface area contributed by atoms with Gasteiger partial charge in [0.25, 0.3) is 0 Å². The van der Waals surface area contributed by atoms with Gasteiger partial charge in [0.2, 0.25) is 5.91 Å². The second-order valence-electron chi connectivity index (χ2n) is 6.07. The van der Waals surface area contributed by atoms with Gasteiger partial charge < -0.3 is 14.8 Å². The summed E-state index contributed by atoms with van der Waals surface area (Å²) in [6.45, 7) is 5.44. The monoisotopic (exact) mass is 368 g/mol. The van der Waals surface area contributed by atoms with Crippen LogP contribution < -0.4 is 10.1 Å². The summed E-state index contributed by atoms with van der Waals surface area (Å²) in [5.41, 5.74) is 0.549. The molecule has 7 heteroatoms. The fourth-order valence-corrected chi connectivity index (χ4v) is 3.14. The smallest absolute Gasteiger partial charge is 0.309 e. The predicted molar refractivity (Wildman–Crippen MR) is 97.0 cm³/mol. The van der Waals surface area contributed by atoms with E-state index in [-0.39, 0.29) is 23.8 Å². The number of nitrogens with zero attached hydrogens (tertiary/aromatic N) is 1. The summed E-state index contributed by atoms with van der Waals surface area (Å²) in [6, 6.07) is 4.78. The molecule has 0 spiro atoms. The molecule has 25 heavy (non-hydrogen) atoms. The second kappa shape index (κ2) is 9.06. The summed E-state index contributed by atoms with van der Waals surface area (Å²) < 4.78 is 10.3. The Morgan fingerprint density at radius 2 is 2.04 bits per heavy atom. The van der Waals surface area contributed by atoms with Crippen LogP contribution in [0.4, 0.5) is 5.69 Å². The minimum absolute atomic E-state index is 0.0699. The van der Waals surface area contributed by atoms with Gasteiger partial charge in [0.1, 0.15) is 5.75 Å². The lowest BCUT2D eigenvalue weighted by Gasteiger charge is -2.34. The van der Waals surface area contributed by atoms with Gasteiger partial charge >= 0.3 is 5.97 Å². The van der Waals surface area contributed by atoms with Crippen molar-refractivity contribution in [3.05, 3.63) is 23.2 Å². The van der Waals surface area contributed by atoms with Crippen molar-refractivity contribution >= 4 is 29.2 Å². The van der Waals surface area contributed by atoms with Crippen molar-refractivity contribution in [2.24, 2.45) is 5.92 Å². The number of methoxy groups -OCH3 is 1. The maximum Gasteiger partial charge on any atom is 0.309 e. The van der Waals surface area contributed by atoms with Crippen LogP contribution in [0.15, 0.2) is 18.2 Å². The molecule has 1 aliphatic heterocycles. The number of ether oxygens (including phenoxy) is 2. The van der Waals surface area contributed by atoms with Crippen molar-refractivity contribution < 1.29 is 19.1 Å². The van der Waals surface area contributed by atoms with E-state index in [9.17, 15) is 9.59 Å². The number of carbonyl (C=O) groups excluding carboxylic acids is 2.